The first-order valence-corrected chi connectivity index (χ1v) is 9.95. The van der Waals surface area contributed by atoms with Gasteiger partial charge in [0.1, 0.15) is 24.7 Å². The van der Waals surface area contributed by atoms with E-state index in [2.05, 4.69) is 27.8 Å². The van der Waals surface area contributed by atoms with Gasteiger partial charge in [-0.1, -0.05) is 0 Å². The maximum absolute atomic E-state index is 11.7. The first-order valence-electron chi connectivity index (χ1n) is 8.56. The van der Waals surface area contributed by atoms with Gasteiger partial charge in [0.15, 0.2) is 0 Å². The highest BCUT2D eigenvalue weighted by Gasteiger charge is 2.27. The lowest BCUT2D eigenvalue weighted by Crippen LogP contribution is -2.49. The molecule has 0 aliphatic heterocycles. The highest BCUT2D eigenvalue weighted by Crippen LogP contribution is 2.15. The molecule has 2 amide bonds. The second kappa shape index (κ2) is 15.4. The zero-order chi connectivity index (χ0) is 24.8. The fraction of sp³-hybridized carbons (Fsp3) is 0.667. The standard InChI is InChI=1S/C10H16N4O7S.C5H11NO2S/c11-5(10(19)20)1-2-7(15)13-6(4-22-14-21)9(18)12-3-8(16)17;1-5(2,9)3(6)4(7)8/h5-6H,1-4,11H2,(H,12,18)(H,13,15)(H,16,17)(H,19,20);3,9H,6H2,1-2H3,(H,7,8). The maximum Gasteiger partial charge on any atom is 0.322 e. The number of carboxylic acids is 3. The van der Waals surface area contributed by atoms with E-state index in [-0.39, 0.29) is 18.6 Å². The maximum atomic E-state index is 11.7. The van der Waals surface area contributed by atoms with Crippen molar-refractivity contribution in [3.05, 3.63) is 4.91 Å². The molecule has 178 valence electrons. The first kappa shape index (κ1) is 30.8. The molecule has 3 atom stereocenters. The number of carbonyl (C=O) groups excluding carboxylic acids is 2. The van der Waals surface area contributed by atoms with Crippen molar-refractivity contribution in [2.45, 2.75) is 49.6 Å². The summed E-state index contributed by atoms with van der Waals surface area (Å²) in [7, 11) is 0. The number of nitroso groups, excluding NO2 is 1. The minimum absolute atomic E-state index is 0.135. The number of thiol groups is 1. The number of hydrogen-bond acceptors (Lipinski definition) is 11. The van der Waals surface area contributed by atoms with Crippen LogP contribution >= 0.6 is 24.6 Å². The lowest BCUT2D eigenvalue weighted by Gasteiger charge is -2.21. The lowest BCUT2D eigenvalue weighted by molar-refractivity contribution is -0.140. The molecule has 0 radical (unpaired) electrons. The zero-order valence-corrected chi connectivity index (χ0v) is 18.5. The zero-order valence-electron chi connectivity index (χ0n) is 16.8. The summed E-state index contributed by atoms with van der Waals surface area (Å²) in [6.45, 7) is 2.68. The van der Waals surface area contributed by atoms with Crippen molar-refractivity contribution in [3.8, 4) is 0 Å². The third-order valence-electron chi connectivity index (χ3n) is 3.39. The highest BCUT2D eigenvalue weighted by atomic mass is 32.2. The van der Waals surface area contributed by atoms with Gasteiger partial charge in [-0.3, -0.25) is 24.0 Å². The van der Waals surface area contributed by atoms with Gasteiger partial charge in [-0.2, -0.15) is 12.6 Å². The molecule has 0 saturated carbocycles. The van der Waals surface area contributed by atoms with Crippen molar-refractivity contribution >= 4 is 54.3 Å². The molecule has 0 aromatic rings. The van der Waals surface area contributed by atoms with Crippen LogP contribution < -0.4 is 22.1 Å². The van der Waals surface area contributed by atoms with Crippen LogP contribution in [0.15, 0.2) is 4.58 Å². The predicted octanol–water partition coefficient (Wildman–Crippen LogP) is -1.61. The van der Waals surface area contributed by atoms with E-state index in [0.29, 0.717) is 11.9 Å². The van der Waals surface area contributed by atoms with Crippen molar-refractivity contribution in [2.75, 3.05) is 12.3 Å². The van der Waals surface area contributed by atoms with Crippen molar-refractivity contribution < 1.29 is 39.3 Å². The summed E-state index contributed by atoms with van der Waals surface area (Å²) in [4.78, 5) is 64.4. The smallest absolute Gasteiger partial charge is 0.322 e. The summed E-state index contributed by atoms with van der Waals surface area (Å²) < 4.78 is 1.83. The van der Waals surface area contributed by atoms with Crippen LogP contribution in [0.3, 0.4) is 0 Å². The molecule has 0 aliphatic rings. The van der Waals surface area contributed by atoms with Gasteiger partial charge in [0.25, 0.3) is 0 Å². The third-order valence-corrected chi connectivity index (χ3v) is 4.25. The third kappa shape index (κ3) is 16.0. The number of aliphatic carboxylic acids is 3. The Hall–Kier alpha value is -2.43. The minimum Gasteiger partial charge on any atom is -0.480 e. The molecule has 0 heterocycles. The number of carboxylic acid groups (broad SMARTS) is 3. The molecule has 31 heavy (non-hydrogen) atoms. The van der Waals surface area contributed by atoms with E-state index in [9.17, 15) is 28.9 Å². The summed E-state index contributed by atoms with van der Waals surface area (Å²) in [6.07, 6.45) is -0.376. The van der Waals surface area contributed by atoms with Gasteiger partial charge in [-0.15, -0.1) is 4.91 Å². The monoisotopic (exact) mass is 485 g/mol. The summed E-state index contributed by atoms with van der Waals surface area (Å²) in [5, 5.41) is 29.7. The Morgan fingerprint density at radius 1 is 1.10 bits per heavy atom. The SMILES string of the molecule is CC(C)(S)C(N)C(=O)O.NC(CCC(=O)NC(CSN=O)C(=O)NCC(=O)O)C(=O)O. The predicted molar refractivity (Wildman–Crippen MR) is 114 cm³/mol. The van der Waals surface area contributed by atoms with Gasteiger partial charge in [0.05, 0.1) is 0 Å². The molecular formula is C15H27N5O9S2. The molecule has 16 heteroatoms. The number of nitrogens with zero attached hydrogens (tertiary/aromatic N) is 1. The molecule has 0 spiro atoms. The minimum atomic E-state index is -1.27. The van der Waals surface area contributed by atoms with Gasteiger partial charge < -0.3 is 37.4 Å². The highest BCUT2D eigenvalue weighted by molar-refractivity contribution is 7.97. The van der Waals surface area contributed by atoms with Crippen molar-refractivity contribution in [3.63, 3.8) is 0 Å². The van der Waals surface area contributed by atoms with Gasteiger partial charge in [0, 0.05) is 33.5 Å². The Morgan fingerprint density at radius 2 is 1.65 bits per heavy atom. The topological polar surface area (TPSA) is 252 Å². The van der Waals surface area contributed by atoms with E-state index in [1.165, 1.54) is 0 Å². The van der Waals surface area contributed by atoms with E-state index in [4.69, 9.17) is 26.8 Å². The summed E-state index contributed by atoms with van der Waals surface area (Å²) in [6, 6.07) is -3.28. The molecule has 0 fully saturated rings. The number of carbonyl (C=O) groups is 5. The number of nitrogens with one attached hydrogen (secondary N) is 2. The van der Waals surface area contributed by atoms with E-state index in [1.54, 1.807) is 13.8 Å². The van der Waals surface area contributed by atoms with Crippen molar-refractivity contribution in [1.82, 2.24) is 10.6 Å². The van der Waals surface area contributed by atoms with Crippen LogP contribution in [0.5, 0.6) is 0 Å². The Balaban J connectivity index is 0. The average Bonchev–Trinajstić information content (AvgIpc) is 2.66. The largest absolute Gasteiger partial charge is 0.480 e. The molecule has 0 saturated heterocycles. The molecular weight excluding hydrogens is 458 g/mol. The number of hydrogen-bond donors (Lipinski definition) is 8. The van der Waals surface area contributed by atoms with E-state index >= 15 is 0 Å². The molecule has 3 unspecified atom stereocenters. The molecule has 0 aliphatic carbocycles. The second-order valence-electron chi connectivity index (χ2n) is 6.55. The fourth-order valence-corrected chi connectivity index (χ4v) is 2.11. The Bertz CT molecular complexity index is 657. The van der Waals surface area contributed by atoms with Crippen LogP contribution in [0.1, 0.15) is 26.7 Å². The van der Waals surface area contributed by atoms with E-state index in [0.717, 1.165) is 0 Å². The molecule has 0 bridgehead atoms. The van der Waals surface area contributed by atoms with Crippen LogP contribution in [0.2, 0.25) is 0 Å². The van der Waals surface area contributed by atoms with Crippen LogP contribution in [-0.2, 0) is 24.0 Å². The quantitative estimate of drug-likeness (QED) is 0.0832. The van der Waals surface area contributed by atoms with Crippen molar-refractivity contribution in [2.24, 2.45) is 16.0 Å². The number of nitrogens with two attached hydrogens (primary N) is 2. The van der Waals surface area contributed by atoms with Crippen LogP contribution in [0, 0.1) is 4.91 Å². The molecule has 0 rings (SSSR count). The van der Waals surface area contributed by atoms with E-state index < -0.39 is 59.1 Å². The molecule has 14 nitrogen and oxygen atoms in total. The summed E-state index contributed by atoms with van der Waals surface area (Å²) in [5.41, 5.74) is 10.4. The van der Waals surface area contributed by atoms with Crippen molar-refractivity contribution in [1.29, 1.82) is 0 Å². The van der Waals surface area contributed by atoms with Gasteiger partial charge in [-0.05, 0) is 20.3 Å². The van der Waals surface area contributed by atoms with Gasteiger partial charge in [0.2, 0.25) is 11.8 Å². The van der Waals surface area contributed by atoms with Crippen LogP contribution in [0.4, 0.5) is 0 Å². The Kier molecular flexibility index (Phi) is 15.3. The molecule has 0 aromatic heterocycles. The Morgan fingerprint density at radius 3 is 2.00 bits per heavy atom. The fourth-order valence-electron chi connectivity index (χ4n) is 1.55. The number of rotatable bonds is 13. The van der Waals surface area contributed by atoms with Crippen LogP contribution in [0.25, 0.3) is 0 Å². The van der Waals surface area contributed by atoms with Gasteiger partial charge >= 0.3 is 17.9 Å². The lowest BCUT2D eigenvalue weighted by atomic mass is 10.1. The summed E-state index contributed by atoms with van der Waals surface area (Å²) in [5.74, 6) is -5.19. The van der Waals surface area contributed by atoms with Gasteiger partial charge in [-0.25, -0.2) is 0 Å². The Labute approximate surface area is 187 Å². The first-order chi connectivity index (χ1) is 14.1. The van der Waals surface area contributed by atoms with Crippen LogP contribution in [-0.4, -0.2) is 80.2 Å². The second-order valence-corrected chi connectivity index (χ2v) is 8.45. The van der Waals surface area contributed by atoms with E-state index in [1.807, 2.05) is 0 Å². The average molecular weight is 486 g/mol. The number of amides is 2. The molecule has 0 aromatic carbocycles. The molecule has 9 N–H and O–H groups in total. The normalized spacial score (nSPS) is 13.5. The summed E-state index contributed by atoms with van der Waals surface area (Å²) >= 11 is 4.46.